The molecule has 5 heteroatoms. The number of ether oxygens (including phenoxy) is 1. The van der Waals surface area contributed by atoms with Gasteiger partial charge < -0.3 is 9.15 Å². The summed E-state index contributed by atoms with van der Waals surface area (Å²) in [4.78, 5) is 12.7. The maximum absolute atomic E-state index is 14.0. The Morgan fingerprint density at radius 1 is 0.933 bits per heavy atom. The molecule has 3 aromatic carbocycles. The first kappa shape index (κ1) is 20.2. The standard InChI is InChI=1S/C25H20ClFO3/c1-15-18-11-12-23(29-14-20-21(26)9-6-10-22(20)27)16(2)24(18)30-25(28)19(15)13-17-7-4-3-5-8-17/h3-12H,13-14H2,1-2H3. The van der Waals surface area contributed by atoms with Gasteiger partial charge in [0.1, 0.15) is 23.8 Å². The van der Waals surface area contributed by atoms with Crippen molar-refractivity contribution in [1.29, 1.82) is 0 Å². The van der Waals surface area contributed by atoms with E-state index in [1.54, 1.807) is 12.1 Å². The van der Waals surface area contributed by atoms with Gasteiger partial charge in [-0.15, -0.1) is 0 Å². The molecule has 1 heterocycles. The third-order valence-corrected chi connectivity index (χ3v) is 5.67. The van der Waals surface area contributed by atoms with Gasteiger partial charge in [0.25, 0.3) is 0 Å². The van der Waals surface area contributed by atoms with Crippen molar-refractivity contribution in [1.82, 2.24) is 0 Å². The zero-order valence-corrected chi connectivity index (χ0v) is 17.4. The fourth-order valence-electron chi connectivity index (χ4n) is 3.55. The molecule has 0 radical (unpaired) electrons. The Balaban J connectivity index is 1.69. The van der Waals surface area contributed by atoms with Crippen LogP contribution >= 0.6 is 11.6 Å². The summed E-state index contributed by atoms with van der Waals surface area (Å²) in [6.07, 6.45) is 0.508. The second-order valence-electron chi connectivity index (χ2n) is 7.21. The molecule has 0 aliphatic rings. The molecule has 0 fully saturated rings. The molecule has 0 N–H and O–H groups in total. The number of hydrogen-bond donors (Lipinski definition) is 0. The summed E-state index contributed by atoms with van der Waals surface area (Å²) < 4.78 is 25.5. The van der Waals surface area contributed by atoms with Crippen LogP contribution in [0, 0.1) is 19.7 Å². The van der Waals surface area contributed by atoms with E-state index in [1.165, 1.54) is 6.07 Å². The van der Waals surface area contributed by atoms with Gasteiger partial charge in [-0.05, 0) is 49.2 Å². The highest BCUT2D eigenvalue weighted by atomic mass is 35.5. The second-order valence-corrected chi connectivity index (χ2v) is 7.62. The summed E-state index contributed by atoms with van der Waals surface area (Å²) in [7, 11) is 0. The minimum absolute atomic E-state index is 0.0207. The van der Waals surface area contributed by atoms with Gasteiger partial charge in [0.15, 0.2) is 0 Å². The van der Waals surface area contributed by atoms with Crippen LogP contribution in [0.25, 0.3) is 11.0 Å². The van der Waals surface area contributed by atoms with E-state index < -0.39 is 5.82 Å². The summed E-state index contributed by atoms with van der Waals surface area (Å²) in [5.74, 6) is 0.0917. The molecule has 3 nitrogen and oxygen atoms in total. The van der Waals surface area contributed by atoms with E-state index >= 15 is 0 Å². The van der Waals surface area contributed by atoms with Crippen molar-refractivity contribution in [3.8, 4) is 5.75 Å². The van der Waals surface area contributed by atoms with Crippen LogP contribution < -0.4 is 10.4 Å². The van der Waals surface area contributed by atoms with Gasteiger partial charge in [-0.2, -0.15) is 0 Å². The van der Waals surface area contributed by atoms with Gasteiger partial charge in [-0.25, -0.2) is 9.18 Å². The van der Waals surface area contributed by atoms with Gasteiger partial charge in [0, 0.05) is 28.5 Å². The summed E-state index contributed by atoms with van der Waals surface area (Å²) in [6, 6.07) is 18.0. The quantitative estimate of drug-likeness (QED) is 0.351. The predicted octanol–water partition coefficient (Wildman–Crippen LogP) is 6.37. The first-order valence-electron chi connectivity index (χ1n) is 9.61. The molecule has 152 valence electrons. The lowest BCUT2D eigenvalue weighted by Crippen LogP contribution is -2.11. The average Bonchev–Trinajstić information content (AvgIpc) is 2.73. The number of hydrogen-bond acceptors (Lipinski definition) is 3. The number of halogens is 2. The summed E-state index contributed by atoms with van der Waals surface area (Å²) >= 11 is 6.08. The van der Waals surface area contributed by atoms with Gasteiger partial charge >= 0.3 is 5.63 Å². The smallest absolute Gasteiger partial charge is 0.340 e. The van der Waals surface area contributed by atoms with Crippen molar-refractivity contribution >= 4 is 22.6 Å². The molecule has 0 atom stereocenters. The summed E-state index contributed by atoms with van der Waals surface area (Å²) in [6.45, 7) is 3.73. The lowest BCUT2D eigenvalue weighted by molar-refractivity contribution is 0.298. The molecule has 1 aromatic heterocycles. The summed E-state index contributed by atoms with van der Waals surface area (Å²) in [5.41, 5.74) is 3.66. The molecule has 0 amide bonds. The minimum atomic E-state index is -0.422. The largest absolute Gasteiger partial charge is 0.488 e. The topological polar surface area (TPSA) is 39.4 Å². The van der Waals surface area contributed by atoms with Crippen molar-refractivity contribution < 1.29 is 13.5 Å². The lowest BCUT2D eigenvalue weighted by atomic mass is 9.98. The maximum atomic E-state index is 14.0. The normalized spacial score (nSPS) is 11.1. The van der Waals surface area contributed by atoms with Crippen LogP contribution in [-0.4, -0.2) is 0 Å². The molecule has 0 unspecified atom stereocenters. The monoisotopic (exact) mass is 422 g/mol. The van der Waals surface area contributed by atoms with Crippen LogP contribution in [0.4, 0.5) is 4.39 Å². The number of benzene rings is 3. The van der Waals surface area contributed by atoms with Crippen LogP contribution in [0.3, 0.4) is 0 Å². The first-order valence-corrected chi connectivity index (χ1v) is 9.99. The SMILES string of the molecule is Cc1c(Cc2ccccc2)c(=O)oc2c(C)c(OCc3c(F)cccc3Cl)ccc12. The molecule has 30 heavy (non-hydrogen) atoms. The Labute approximate surface area is 178 Å². The van der Waals surface area contributed by atoms with Crippen LogP contribution in [0.5, 0.6) is 5.75 Å². The maximum Gasteiger partial charge on any atom is 0.340 e. The van der Waals surface area contributed by atoms with Crippen molar-refractivity contribution in [3.63, 3.8) is 0 Å². The number of fused-ring (bicyclic) bond motifs is 1. The molecular weight excluding hydrogens is 403 g/mol. The average molecular weight is 423 g/mol. The van der Waals surface area contributed by atoms with E-state index in [0.717, 1.165) is 16.5 Å². The zero-order valence-electron chi connectivity index (χ0n) is 16.7. The van der Waals surface area contributed by atoms with Crippen molar-refractivity contribution in [3.05, 3.63) is 110 Å². The summed E-state index contributed by atoms with van der Waals surface area (Å²) in [5, 5.41) is 1.16. The fourth-order valence-corrected chi connectivity index (χ4v) is 3.77. The first-order chi connectivity index (χ1) is 14.5. The highest BCUT2D eigenvalue weighted by molar-refractivity contribution is 6.31. The van der Waals surface area contributed by atoms with E-state index in [9.17, 15) is 9.18 Å². The van der Waals surface area contributed by atoms with E-state index in [4.69, 9.17) is 20.8 Å². The van der Waals surface area contributed by atoms with Crippen LogP contribution in [-0.2, 0) is 13.0 Å². The molecule has 4 aromatic rings. The number of rotatable bonds is 5. The van der Waals surface area contributed by atoms with Crippen LogP contribution in [0.1, 0.15) is 27.8 Å². The van der Waals surface area contributed by atoms with Gasteiger partial charge in [-0.1, -0.05) is 48.0 Å². The second kappa shape index (κ2) is 8.33. The van der Waals surface area contributed by atoms with Gasteiger partial charge in [0.05, 0.1) is 5.02 Å². The van der Waals surface area contributed by atoms with E-state index in [1.807, 2.05) is 56.3 Å². The fraction of sp³-hybridized carbons (Fsp3) is 0.160. The number of aryl methyl sites for hydroxylation is 2. The van der Waals surface area contributed by atoms with Crippen LogP contribution in [0.15, 0.2) is 69.9 Å². The van der Waals surface area contributed by atoms with E-state index in [-0.39, 0.29) is 17.8 Å². The third-order valence-electron chi connectivity index (χ3n) is 5.31. The molecule has 0 saturated heterocycles. The minimum Gasteiger partial charge on any atom is -0.488 e. The van der Waals surface area contributed by atoms with E-state index in [0.29, 0.717) is 33.9 Å². The molecule has 0 saturated carbocycles. The third kappa shape index (κ3) is 3.83. The van der Waals surface area contributed by atoms with Crippen LogP contribution in [0.2, 0.25) is 5.02 Å². The van der Waals surface area contributed by atoms with E-state index in [2.05, 4.69) is 0 Å². The van der Waals surface area contributed by atoms with Crippen molar-refractivity contribution in [2.24, 2.45) is 0 Å². The Morgan fingerprint density at radius 3 is 2.43 bits per heavy atom. The predicted molar refractivity (Wildman–Crippen MR) is 117 cm³/mol. The molecule has 0 aliphatic heterocycles. The Bertz CT molecular complexity index is 1260. The van der Waals surface area contributed by atoms with Gasteiger partial charge in [-0.3, -0.25) is 0 Å². The Hall–Kier alpha value is -3.11. The highest BCUT2D eigenvalue weighted by Gasteiger charge is 2.16. The zero-order chi connectivity index (χ0) is 21.3. The molecule has 4 rings (SSSR count). The molecule has 0 bridgehead atoms. The highest BCUT2D eigenvalue weighted by Crippen LogP contribution is 2.31. The van der Waals surface area contributed by atoms with Crippen molar-refractivity contribution in [2.45, 2.75) is 26.9 Å². The molecular formula is C25H20ClFO3. The Morgan fingerprint density at radius 2 is 1.70 bits per heavy atom. The lowest BCUT2D eigenvalue weighted by Gasteiger charge is -2.14. The Kier molecular flexibility index (Phi) is 5.60. The molecule has 0 aliphatic carbocycles. The van der Waals surface area contributed by atoms with Crippen molar-refractivity contribution in [2.75, 3.05) is 0 Å². The molecule has 0 spiro atoms. The van der Waals surface area contributed by atoms with Gasteiger partial charge in [0.2, 0.25) is 0 Å².